The highest BCUT2D eigenvalue weighted by molar-refractivity contribution is 7.89. The summed E-state index contributed by atoms with van der Waals surface area (Å²) in [5.41, 5.74) is 4.28. The Balaban J connectivity index is 1.99. The van der Waals surface area contributed by atoms with Gasteiger partial charge in [-0.3, -0.25) is 10.2 Å². The summed E-state index contributed by atoms with van der Waals surface area (Å²) < 4.78 is 35.2. The summed E-state index contributed by atoms with van der Waals surface area (Å²) in [7, 11) is -4.02. The second kappa shape index (κ2) is 9.53. The second-order valence-corrected chi connectivity index (χ2v) is 7.98. The van der Waals surface area contributed by atoms with E-state index in [1.165, 1.54) is 31.2 Å². The molecule has 1 amide bonds. The summed E-state index contributed by atoms with van der Waals surface area (Å²) in [6.07, 6.45) is -0.926. The predicted molar refractivity (Wildman–Crippen MR) is 107 cm³/mol. The highest BCUT2D eigenvalue weighted by atomic mass is 32.2. The Bertz CT molecular complexity index is 987. The zero-order chi connectivity index (χ0) is 21.6. The number of carbonyl (C=O) groups is 2. The molecule has 9 heteroatoms. The van der Waals surface area contributed by atoms with Crippen molar-refractivity contribution in [1.82, 2.24) is 10.3 Å². The Morgan fingerprint density at radius 1 is 1.07 bits per heavy atom. The standard InChI is InChI=1S/C20H24N2O6S/c1-5-27-20(24)16-9-11-17(12-10-16)29(25,26)22-21-19(23)15(4)28-18-8-6-7-13(2)14(18)3/h6-12,15,22H,5H2,1-4H3,(H,21,23)/t15-/m0/s1. The number of ether oxygens (including phenoxy) is 2. The molecule has 29 heavy (non-hydrogen) atoms. The lowest BCUT2D eigenvalue weighted by Gasteiger charge is -2.17. The van der Waals surface area contributed by atoms with E-state index >= 15 is 0 Å². The summed E-state index contributed by atoms with van der Waals surface area (Å²) in [5.74, 6) is -0.655. The van der Waals surface area contributed by atoms with Crippen molar-refractivity contribution in [3.8, 4) is 5.75 Å². The van der Waals surface area contributed by atoms with Crippen LogP contribution in [-0.4, -0.2) is 33.0 Å². The van der Waals surface area contributed by atoms with Crippen molar-refractivity contribution < 1.29 is 27.5 Å². The van der Waals surface area contributed by atoms with Gasteiger partial charge in [-0.1, -0.05) is 12.1 Å². The number of sulfonamides is 1. The number of carbonyl (C=O) groups excluding carboxylic acids is 2. The summed E-state index contributed by atoms with van der Waals surface area (Å²) in [4.78, 5) is 25.7. The van der Waals surface area contributed by atoms with Crippen molar-refractivity contribution in [2.24, 2.45) is 0 Å². The van der Waals surface area contributed by atoms with E-state index in [0.29, 0.717) is 5.75 Å². The fourth-order valence-corrected chi connectivity index (χ4v) is 3.21. The first-order chi connectivity index (χ1) is 13.7. The van der Waals surface area contributed by atoms with E-state index in [0.717, 1.165) is 11.1 Å². The van der Waals surface area contributed by atoms with E-state index in [9.17, 15) is 18.0 Å². The molecule has 0 aliphatic carbocycles. The molecule has 2 aromatic carbocycles. The molecule has 0 unspecified atom stereocenters. The zero-order valence-electron chi connectivity index (χ0n) is 16.7. The van der Waals surface area contributed by atoms with E-state index in [2.05, 4.69) is 5.43 Å². The van der Waals surface area contributed by atoms with Crippen LogP contribution in [0.25, 0.3) is 0 Å². The summed E-state index contributed by atoms with van der Waals surface area (Å²) >= 11 is 0. The van der Waals surface area contributed by atoms with Gasteiger partial charge in [0, 0.05) is 0 Å². The number of nitrogens with one attached hydrogen (secondary N) is 2. The summed E-state index contributed by atoms with van der Waals surface area (Å²) in [6.45, 7) is 7.20. The van der Waals surface area contributed by atoms with Crippen LogP contribution in [0.4, 0.5) is 0 Å². The molecule has 1 atom stereocenters. The third-order valence-electron chi connectivity index (χ3n) is 4.21. The van der Waals surface area contributed by atoms with Crippen molar-refractivity contribution in [2.75, 3.05) is 6.61 Å². The lowest BCUT2D eigenvalue weighted by Crippen LogP contribution is -2.47. The van der Waals surface area contributed by atoms with E-state index in [4.69, 9.17) is 9.47 Å². The topological polar surface area (TPSA) is 111 Å². The molecule has 0 saturated carbocycles. The Kier molecular flexibility index (Phi) is 7.35. The maximum atomic E-state index is 12.3. The van der Waals surface area contributed by atoms with Gasteiger partial charge >= 0.3 is 5.97 Å². The SMILES string of the molecule is CCOC(=O)c1ccc(S(=O)(=O)NNC(=O)[C@H](C)Oc2cccc(C)c2C)cc1. The molecule has 0 spiro atoms. The van der Waals surface area contributed by atoms with Crippen LogP contribution in [0.3, 0.4) is 0 Å². The Morgan fingerprint density at radius 2 is 1.72 bits per heavy atom. The highest BCUT2D eigenvalue weighted by Gasteiger charge is 2.20. The van der Waals surface area contributed by atoms with Gasteiger partial charge in [0.15, 0.2) is 6.10 Å². The molecular weight excluding hydrogens is 396 g/mol. The van der Waals surface area contributed by atoms with Crippen molar-refractivity contribution in [3.63, 3.8) is 0 Å². The third-order valence-corrected chi connectivity index (χ3v) is 5.48. The molecule has 0 heterocycles. The van der Waals surface area contributed by atoms with Crippen molar-refractivity contribution >= 4 is 21.9 Å². The number of esters is 1. The molecule has 0 fully saturated rings. The van der Waals surface area contributed by atoms with Gasteiger partial charge in [0.05, 0.1) is 17.1 Å². The van der Waals surface area contributed by atoms with Gasteiger partial charge in [-0.15, -0.1) is 4.83 Å². The van der Waals surface area contributed by atoms with Crippen LogP contribution < -0.4 is 15.0 Å². The molecule has 0 aromatic heterocycles. The smallest absolute Gasteiger partial charge is 0.338 e. The maximum absolute atomic E-state index is 12.3. The normalized spacial score (nSPS) is 12.1. The Morgan fingerprint density at radius 3 is 2.34 bits per heavy atom. The molecule has 156 valence electrons. The van der Waals surface area contributed by atoms with Gasteiger partial charge in [-0.05, 0) is 69.2 Å². The first kappa shape index (κ1) is 22.4. The van der Waals surface area contributed by atoms with Crippen LogP contribution >= 0.6 is 0 Å². The highest BCUT2D eigenvalue weighted by Crippen LogP contribution is 2.21. The number of hydrazine groups is 1. The van der Waals surface area contributed by atoms with Crippen LogP contribution in [-0.2, 0) is 19.6 Å². The van der Waals surface area contributed by atoms with Crippen molar-refractivity contribution in [1.29, 1.82) is 0 Å². The Hall–Kier alpha value is -2.91. The van der Waals surface area contributed by atoms with Gasteiger partial charge in [-0.25, -0.2) is 13.2 Å². The molecule has 2 aromatic rings. The van der Waals surface area contributed by atoms with Crippen molar-refractivity contribution in [3.05, 3.63) is 59.2 Å². The number of benzene rings is 2. The number of amides is 1. The number of rotatable bonds is 8. The van der Waals surface area contributed by atoms with Crippen LogP contribution in [0.5, 0.6) is 5.75 Å². The number of hydrogen-bond acceptors (Lipinski definition) is 6. The molecule has 0 aliphatic heterocycles. The fraction of sp³-hybridized carbons (Fsp3) is 0.300. The Labute approximate surface area is 170 Å². The van der Waals surface area contributed by atoms with Crippen LogP contribution in [0.2, 0.25) is 0 Å². The molecular formula is C20H24N2O6S. The quantitative estimate of drug-likeness (QED) is 0.501. The minimum Gasteiger partial charge on any atom is -0.481 e. The van der Waals surface area contributed by atoms with E-state index < -0.39 is 28.0 Å². The van der Waals surface area contributed by atoms with Gasteiger partial charge in [-0.2, -0.15) is 0 Å². The largest absolute Gasteiger partial charge is 0.481 e. The second-order valence-electron chi connectivity index (χ2n) is 6.30. The average molecular weight is 420 g/mol. The maximum Gasteiger partial charge on any atom is 0.338 e. The lowest BCUT2D eigenvalue weighted by molar-refractivity contribution is -0.127. The van der Waals surface area contributed by atoms with Crippen molar-refractivity contribution in [2.45, 2.75) is 38.7 Å². The van der Waals surface area contributed by atoms with Crippen LogP contribution in [0, 0.1) is 13.8 Å². The van der Waals surface area contributed by atoms with Gasteiger partial charge in [0.2, 0.25) is 0 Å². The van der Waals surface area contributed by atoms with Crippen LogP contribution in [0.1, 0.15) is 35.3 Å². The fourth-order valence-electron chi connectivity index (χ4n) is 2.36. The zero-order valence-corrected chi connectivity index (χ0v) is 17.5. The first-order valence-electron chi connectivity index (χ1n) is 8.97. The van der Waals surface area contributed by atoms with E-state index in [-0.39, 0.29) is 17.1 Å². The van der Waals surface area contributed by atoms with Gasteiger partial charge in [0.1, 0.15) is 5.75 Å². The monoisotopic (exact) mass is 420 g/mol. The van der Waals surface area contributed by atoms with E-state index in [1.807, 2.05) is 30.8 Å². The molecule has 0 bridgehead atoms. The average Bonchev–Trinajstić information content (AvgIpc) is 2.70. The van der Waals surface area contributed by atoms with Gasteiger partial charge < -0.3 is 9.47 Å². The summed E-state index contributed by atoms with van der Waals surface area (Å²) in [6, 6.07) is 10.6. The lowest BCUT2D eigenvalue weighted by atomic mass is 10.1. The molecule has 0 radical (unpaired) electrons. The predicted octanol–water partition coefficient (Wildman–Crippen LogP) is 2.26. The van der Waals surface area contributed by atoms with Gasteiger partial charge in [0.25, 0.3) is 15.9 Å². The number of hydrogen-bond donors (Lipinski definition) is 2. The van der Waals surface area contributed by atoms with Crippen LogP contribution in [0.15, 0.2) is 47.4 Å². The minimum absolute atomic E-state index is 0.117. The molecule has 0 saturated heterocycles. The molecule has 2 rings (SSSR count). The molecule has 8 nitrogen and oxygen atoms in total. The third kappa shape index (κ3) is 5.78. The molecule has 0 aliphatic rings. The molecule has 2 N–H and O–H groups in total. The van der Waals surface area contributed by atoms with E-state index in [1.54, 1.807) is 13.0 Å². The summed E-state index contributed by atoms with van der Waals surface area (Å²) in [5, 5.41) is 0. The minimum atomic E-state index is -4.02. The number of aryl methyl sites for hydroxylation is 1. The first-order valence-corrected chi connectivity index (χ1v) is 10.5.